The first-order chi connectivity index (χ1) is 25.6. The van der Waals surface area contributed by atoms with E-state index in [1.54, 1.807) is 6.08 Å². The van der Waals surface area contributed by atoms with Gasteiger partial charge in [-0.2, -0.15) is 0 Å². The quantitative estimate of drug-likeness (QED) is 0.0960. The van der Waals surface area contributed by atoms with Gasteiger partial charge >= 0.3 is 0 Å². The van der Waals surface area contributed by atoms with Crippen LogP contribution in [0.4, 0.5) is 0 Å². The van der Waals surface area contributed by atoms with Crippen molar-refractivity contribution in [3.8, 4) is 0 Å². The number of nitrogens with zero attached hydrogens (tertiary/aromatic N) is 4. The molecule has 2 aliphatic rings. The molecule has 2 unspecified atom stereocenters. The largest absolute Gasteiger partial charge is 0.405 e. The number of fused-ring (bicyclic) bond motifs is 1. The summed E-state index contributed by atoms with van der Waals surface area (Å²) < 4.78 is 0. The lowest BCUT2D eigenvalue weighted by Crippen LogP contribution is -2.24. The highest BCUT2D eigenvalue weighted by atomic mass is 15.1. The molecule has 0 radical (unpaired) electrons. The summed E-state index contributed by atoms with van der Waals surface area (Å²) in [5.41, 5.74) is 13.0. The Morgan fingerprint density at radius 1 is 0.963 bits per heavy atom. The van der Waals surface area contributed by atoms with Crippen molar-refractivity contribution in [1.82, 2.24) is 14.9 Å². The number of nitrogens with two attached hydrogens (primary N) is 1. The van der Waals surface area contributed by atoms with Crippen molar-refractivity contribution in [3.63, 3.8) is 0 Å². The molecule has 4 rings (SSSR count). The van der Waals surface area contributed by atoms with Crippen molar-refractivity contribution < 1.29 is 0 Å². The first-order valence-corrected chi connectivity index (χ1v) is 20.9. The third-order valence-corrected chi connectivity index (χ3v) is 11.0. The fourth-order valence-corrected chi connectivity index (χ4v) is 6.31. The first-order valence-electron chi connectivity index (χ1n) is 20.9. The molecule has 3 atom stereocenters. The van der Waals surface area contributed by atoms with Crippen LogP contribution in [0, 0.1) is 23.2 Å². The van der Waals surface area contributed by atoms with Gasteiger partial charge in [0.05, 0.1) is 22.4 Å². The monoisotopic (exact) mass is 742 g/mol. The van der Waals surface area contributed by atoms with Crippen LogP contribution in [0.2, 0.25) is 0 Å². The Kier molecular flexibility index (Phi) is 27.3. The fraction of sp³-hybridized carbons (Fsp3) is 0.612. The first kappa shape index (κ1) is 50.7. The maximum Gasteiger partial charge on any atom is 0.0893 e. The lowest BCUT2D eigenvalue weighted by molar-refractivity contribution is 0.301. The summed E-state index contributed by atoms with van der Waals surface area (Å²) in [6.45, 7) is 37.0. The zero-order valence-electron chi connectivity index (χ0n) is 37.0. The minimum Gasteiger partial charge on any atom is -0.405 e. The Hall–Kier alpha value is -3.31. The summed E-state index contributed by atoms with van der Waals surface area (Å²) in [7, 11) is 2.20. The van der Waals surface area contributed by atoms with Crippen molar-refractivity contribution in [2.24, 2.45) is 33.9 Å². The van der Waals surface area contributed by atoms with Crippen molar-refractivity contribution in [2.75, 3.05) is 13.6 Å². The number of rotatable bonds is 13. The van der Waals surface area contributed by atoms with Crippen LogP contribution in [0.25, 0.3) is 11.0 Å². The standard InChI is InChI=1S/C29H41N3.C8H16.C7H15N.C3H6.C2H5N/c1-5-22(3)21-30-23(4)16-17-25-18-19-28-29(20-25)31-26(6-2)27(32-28)15-9-7-8-12-24-13-10-11-14-24;1-6-7(2)8(3,4)5;1-6-4-5-8(3)7(6)2;1-3-2;1-2-3/h5,18-21,24H,1,6-17H2,2-4H3;6-7H,1H2,2-5H3;6-7H,4-5H2,1-3H3;3H,1H2,2H3;2H,1,3H2/b22-21-,30-23?;;;;/t;7-;;;/m.1.../s1. The molecule has 2 aromatic rings. The summed E-state index contributed by atoms with van der Waals surface area (Å²) >= 11 is 0. The van der Waals surface area contributed by atoms with Crippen molar-refractivity contribution in [3.05, 3.63) is 97.7 Å². The molecule has 304 valence electrons. The Morgan fingerprint density at radius 2 is 1.57 bits per heavy atom. The Balaban J connectivity index is 0.00000103. The summed E-state index contributed by atoms with van der Waals surface area (Å²) in [4.78, 5) is 17.0. The van der Waals surface area contributed by atoms with Crippen LogP contribution < -0.4 is 5.73 Å². The molecule has 5 heteroatoms. The van der Waals surface area contributed by atoms with Gasteiger partial charge in [0.15, 0.2) is 0 Å². The smallest absolute Gasteiger partial charge is 0.0893 e. The number of hydrogen-bond acceptors (Lipinski definition) is 5. The Morgan fingerprint density at radius 3 is 2.04 bits per heavy atom. The second-order valence-corrected chi connectivity index (χ2v) is 16.5. The van der Waals surface area contributed by atoms with Gasteiger partial charge < -0.3 is 10.6 Å². The minimum absolute atomic E-state index is 0.391. The lowest BCUT2D eigenvalue weighted by Gasteiger charge is -2.23. The number of aromatic nitrogens is 2. The normalized spacial score (nSPS) is 18.1. The summed E-state index contributed by atoms with van der Waals surface area (Å²) in [6.07, 6.45) is 25.2. The van der Waals surface area contributed by atoms with E-state index in [4.69, 9.17) is 9.97 Å². The molecule has 0 spiro atoms. The van der Waals surface area contributed by atoms with E-state index >= 15 is 0 Å². The van der Waals surface area contributed by atoms with E-state index in [2.05, 4.69) is 123 Å². The molecule has 54 heavy (non-hydrogen) atoms. The molecule has 2 N–H and O–H groups in total. The number of benzene rings is 1. The second kappa shape index (κ2) is 29.0. The number of hydrogen-bond donors (Lipinski definition) is 1. The molecule has 1 aromatic heterocycles. The topological polar surface area (TPSA) is 67.4 Å². The van der Waals surface area contributed by atoms with Crippen molar-refractivity contribution in [1.29, 1.82) is 0 Å². The Labute approximate surface area is 334 Å². The van der Waals surface area contributed by atoms with Gasteiger partial charge in [0, 0.05) is 18.0 Å². The van der Waals surface area contributed by atoms with Crippen LogP contribution in [-0.2, 0) is 19.3 Å². The molecule has 2 heterocycles. The van der Waals surface area contributed by atoms with E-state index in [9.17, 15) is 0 Å². The Bertz CT molecular complexity index is 1390. The molecule has 0 amide bonds. The van der Waals surface area contributed by atoms with E-state index in [0.717, 1.165) is 65.9 Å². The molecule has 0 bridgehead atoms. The van der Waals surface area contributed by atoms with Crippen molar-refractivity contribution >= 4 is 16.7 Å². The van der Waals surface area contributed by atoms with Gasteiger partial charge in [-0.3, -0.25) is 4.99 Å². The number of unbranched alkanes of at least 4 members (excludes halogenated alkanes) is 2. The molecule has 1 saturated heterocycles. The van der Waals surface area contributed by atoms with Gasteiger partial charge in [-0.25, -0.2) is 9.97 Å². The van der Waals surface area contributed by atoms with Gasteiger partial charge in [0.2, 0.25) is 0 Å². The average Bonchev–Trinajstić information content (AvgIpc) is 3.78. The van der Waals surface area contributed by atoms with Gasteiger partial charge in [-0.15, -0.1) is 13.2 Å². The van der Waals surface area contributed by atoms with Gasteiger partial charge in [-0.05, 0) is 132 Å². The number of likely N-dealkylation sites (tertiary alicyclic amines) is 1. The second-order valence-electron chi connectivity index (χ2n) is 16.5. The lowest BCUT2D eigenvalue weighted by atomic mass is 9.82. The van der Waals surface area contributed by atoms with Gasteiger partial charge in [0.1, 0.15) is 0 Å². The highest BCUT2D eigenvalue weighted by Gasteiger charge is 2.23. The molecule has 2 fully saturated rings. The molecule has 1 aromatic carbocycles. The molecule has 5 nitrogen and oxygen atoms in total. The van der Waals surface area contributed by atoms with Crippen molar-refractivity contribution in [2.45, 2.75) is 159 Å². The zero-order chi connectivity index (χ0) is 41.1. The maximum absolute atomic E-state index is 5.01. The third kappa shape index (κ3) is 21.5. The van der Waals surface area contributed by atoms with Crippen LogP contribution in [0.5, 0.6) is 0 Å². The fourth-order valence-electron chi connectivity index (χ4n) is 6.31. The number of aryl methyl sites for hydroxylation is 3. The van der Waals surface area contributed by atoms with E-state index in [-0.39, 0.29) is 0 Å². The SMILES string of the molecule is C=C/C(C)=C\N=C(C)CCc1ccc2nc(CCCCCC3CCCC3)c(CC)nc2c1.C=CC.C=CN.C=C[C@@H](C)C(C)(C)C.CC1CCN(C)C1C. The van der Waals surface area contributed by atoms with Crippen LogP contribution in [0.3, 0.4) is 0 Å². The predicted octanol–water partition coefficient (Wildman–Crippen LogP) is 13.5. The minimum atomic E-state index is 0.391. The molecular formula is C49H83N5. The zero-order valence-corrected chi connectivity index (χ0v) is 37.0. The highest BCUT2D eigenvalue weighted by molar-refractivity contribution is 5.83. The van der Waals surface area contributed by atoms with Crippen LogP contribution in [0.1, 0.15) is 150 Å². The molecule has 1 aliphatic carbocycles. The molecule has 1 aliphatic heterocycles. The number of aliphatic imine (C=N–C) groups is 1. The summed E-state index contributed by atoms with van der Waals surface area (Å²) in [6, 6.07) is 7.38. The maximum atomic E-state index is 5.01. The number of allylic oxidation sites excluding steroid dienone is 4. The average molecular weight is 742 g/mol. The van der Waals surface area contributed by atoms with Crippen LogP contribution in [0.15, 0.2) is 85.7 Å². The third-order valence-electron chi connectivity index (χ3n) is 11.0. The van der Waals surface area contributed by atoms with Gasteiger partial charge in [0.25, 0.3) is 0 Å². The van der Waals surface area contributed by atoms with Crippen LogP contribution >= 0.6 is 0 Å². The molecular weight excluding hydrogens is 659 g/mol. The van der Waals surface area contributed by atoms with E-state index in [0.29, 0.717) is 11.3 Å². The predicted molar refractivity (Wildman–Crippen MR) is 243 cm³/mol. The highest BCUT2D eigenvalue weighted by Crippen LogP contribution is 2.29. The summed E-state index contributed by atoms with van der Waals surface area (Å²) in [5, 5.41) is 0. The molecule has 1 saturated carbocycles. The van der Waals surface area contributed by atoms with Gasteiger partial charge in [-0.1, -0.05) is 124 Å². The van der Waals surface area contributed by atoms with E-state index in [1.807, 2.05) is 32.2 Å². The van der Waals surface area contributed by atoms with E-state index < -0.39 is 0 Å². The van der Waals surface area contributed by atoms with E-state index in [1.165, 1.54) is 87.5 Å². The summed E-state index contributed by atoms with van der Waals surface area (Å²) in [5.74, 6) is 2.54. The van der Waals surface area contributed by atoms with Crippen LogP contribution in [-0.4, -0.2) is 40.2 Å².